The molecule has 0 saturated carbocycles. The van der Waals surface area contributed by atoms with E-state index in [1.54, 1.807) is 18.2 Å². The minimum Gasteiger partial charge on any atom is -0.316 e. The summed E-state index contributed by atoms with van der Waals surface area (Å²) in [5.74, 6) is -0.0266. The average Bonchev–Trinajstić information content (AvgIpc) is 2.99. The Hall–Kier alpha value is -2.01. The van der Waals surface area contributed by atoms with E-state index in [1.165, 1.54) is 47.4 Å². The number of rotatable bonds is 7. The Morgan fingerprint density at radius 3 is 2.62 bits per heavy atom. The zero-order valence-corrected chi connectivity index (χ0v) is 18.1. The molecule has 3 aromatic rings. The molecule has 3 rings (SSSR count). The number of hydrogen-bond acceptors (Lipinski definition) is 5. The van der Waals surface area contributed by atoms with E-state index in [0.29, 0.717) is 21.8 Å². The molecule has 0 aliphatic carbocycles. The quantitative estimate of drug-likeness (QED) is 0.554. The highest BCUT2D eigenvalue weighted by Crippen LogP contribution is 2.22. The maximum atomic E-state index is 12.9. The number of aryl methyl sites for hydroxylation is 1. The lowest BCUT2D eigenvalue weighted by Gasteiger charge is -2.03. The lowest BCUT2D eigenvalue weighted by atomic mass is 10.3. The number of thiazole rings is 1. The fraction of sp³-hybridized carbons (Fsp3) is 0.263. The van der Waals surface area contributed by atoms with Crippen LogP contribution in [0.15, 0.2) is 57.2 Å². The Bertz CT molecular complexity index is 1200. The van der Waals surface area contributed by atoms with Crippen molar-refractivity contribution in [3.63, 3.8) is 0 Å². The van der Waals surface area contributed by atoms with E-state index in [2.05, 4.69) is 4.99 Å². The van der Waals surface area contributed by atoms with Gasteiger partial charge in [0.1, 0.15) is 5.82 Å². The van der Waals surface area contributed by atoms with Gasteiger partial charge in [-0.15, -0.1) is 11.8 Å². The molecular formula is C19H20FN3O3S3. The number of fused-ring (bicyclic) bond motifs is 1. The average molecular weight is 454 g/mol. The van der Waals surface area contributed by atoms with Crippen LogP contribution in [0.5, 0.6) is 0 Å². The van der Waals surface area contributed by atoms with E-state index in [1.807, 2.05) is 11.5 Å². The van der Waals surface area contributed by atoms with E-state index in [-0.39, 0.29) is 23.0 Å². The van der Waals surface area contributed by atoms with Gasteiger partial charge in [-0.2, -0.15) is 4.99 Å². The molecule has 0 unspecified atom stereocenters. The monoisotopic (exact) mass is 453 g/mol. The largest absolute Gasteiger partial charge is 0.316 e. The zero-order valence-electron chi connectivity index (χ0n) is 15.7. The summed E-state index contributed by atoms with van der Waals surface area (Å²) >= 11 is 2.72. The predicted molar refractivity (Wildman–Crippen MR) is 114 cm³/mol. The van der Waals surface area contributed by atoms with Crippen LogP contribution in [-0.4, -0.2) is 24.6 Å². The zero-order chi connectivity index (χ0) is 21.0. The summed E-state index contributed by atoms with van der Waals surface area (Å²) in [5, 5.41) is 5.21. The van der Waals surface area contributed by atoms with Crippen LogP contribution < -0.4 is 9.94 Å². The van der Waals surface area contributed by atoms with Gasteiger partial charge in [0.2, 0.25) is 15.9 Å². The highest BCUT2D eigenvalue weighted by molar-refractivity contribution is 7.99. The number of carbonyl (C=O) groups is 1. The SMILES string of the molecule is CCCn1c(=NC(=O)CCSc2ccc(F)cc2)sc2cc(S(N)(=O)=O)ccc21. The molecule has 0 aliphatic rings. The fourth-order valence-electron chi connectivity index (χ4n) is 2.71. The van der Waals surface area contributed by atoms with Crippen LogP contribution in [0.4, 0.5) is 4.39 Å². The topological polar surface area (TPSA) is 94.5 Å². The van der Waals surface area contributed by atoms with E-state index < -0.39 is 10.0 Å². The van der Waals surface area contributed by atoms with Crippen molar-refractivity contribution >= 4 is 49.2 Å². The fourth-order valence-corrected chi connectivity index (χ4v) is 5.27. The van der Waals surface area contributed by atoms with Gasteiger partial charge in [0.25, 0.3) is 0 Å². The van der Waals surface area contributed by atoms with Crippen LogP contribution in [0.2, 0.25) is 0 Å². The first-order valence-corrected chi connectivity index (χ1v) is 12.2. The van der Waals surface area contributed by atoms with E-state index >= 15 is 0 Å². The van der Waals surface area contributed by atoms with Crippen molar-refractivity contribution in [1.29, 1.82) is 0 Å². The number of thioether (sulfide) groups is 1. The van der Waals surface area contributed by atoms with Crippen LogP contribution in [-0.2, 0) is 21.4 Å². The van der Waals surface area contributed by atoms with Crippen molar-refractivity contribution in [3.8, 4) is 0 Å². The minimum atomic E-state index is -3.80. The lowest BCUT2D eigenvalue weighted by molar-refractivity contribution is -0.117. The van der Waals surface area contributed by atoms with E-state index in [4.69, 9.17) is 5.14 Å². The second-order valence-corrected chi connectivity index (χ2v) is 10.0. The summed E-state index contributed by atoms with van der Waals surface area (Å²) < 4.78 is 38.8. The Morgan fingerprint density at radius 1 is 1.24 bits per heavy atom. The molecule has 1 aromatic heterocycles. The molecule has 0 atom stereocenters. The second kappa shape index (κ2) is 9.21. The van der Waals surface area contributed by atoms with E-state index in [9.17, 15) is 17.6 Å². The lowest BCUT2D eigenvalue weighted by Crippen LogP contribution is -2.17. The molecule has 2 aromatic carbocycles. The highest BCUT2D eigenvalue weighted by atomic mass is 32.2. The summed E-state index contributed by atoms with van der Waals surface area (Å²) in [6, 6.07) is 10.8. The Kier molecular flexibility index (Phi) is 6.89. The Labute approximate surface area is 176 Å². The van der Waals surface area contributed by atoms with Gasteiger partial charge in [-0.25, -0.2) is 17.9 Å². The van der Waals surface area contributed by atoms with Gasteiger partial charge in [-0.1, -0.05) is 18.3 Å². The second-order valence-electron chi connectivity index (χ2n) is 6.27. The number of nitrogens with two attached hydrogens (primary N) is 1. The number of nitrogens with zero attached hydrogens (tertiary/aromatic N) is 2. The number of primary sulfonamides is 1. The van der Waals surface area contributed by atoms with Crippen molar-refractivity contribution in [2.24, 2.45) is 10.1 Å². The molecule has 0 bridgehead atoms. The molecule has 154 valence electrons. The maximum absolute atomic E-state index is 12.9. The number of carbonyl (C=O) groups excluding carboxylic acids is 1. The van der Waals surface area contributed by atoms with Crippen molar-refractivity contribution in [3.05, 3.63) is 53.1 Å². The van der Waals surface area contributed by atoms with Gasteiger partial charge in [0, 0.05) is 23.6 Å². The van der Waals surface area contributed by atoms with Gasteiger partial charge < -0.3 is 4.57 Å². The number of hydrogen-bond donors (Lipinski definition) is 1. The number of halogens is 1. The molecular weight excluding hydrogens is 433 g/mol. The Morgan fingerprint density at radius 2 is 1.97 bits per heavy atom. The van der Waals surface area contributed by atoms with Crippen LogP contribution >= 0.6 is 23.1 Å². The van der Waals surface area contributed by atoms with Crippen LogP contribution in [0, 0.1) is 5.82 Å². The molecule has 0 spiro atoms. The van der Waals surface area contributed by atoms with Gasteiger partial charge in [-0.3, -0.25) is 4.79 Å². The molecule has 2 N–H and O–H groups in total. The first-order valence-electron chi connectivity index (χ1n) is 8.90. The normalized spacial score (nSPS) is 12.6. The summed E-state index contributed by atoms with van der Waals surface area (Å²) in [7, 11) is -3.80. The molecule has 0 radical (unpaired) electrons. The number of aromatic nitrogens is 1. The predicted octanol–water partition coefficient (Wildman–Crippen LogP) is 3.51. The molecule has 10 heteroatoms. The Balaban J connectivity index is 1.82. The van der Waals surface area contributed by atoms with Crippen molar-refractivity contribution in [2.45, 2.75) is 36.1 Å². The smallest absolute Gasteiger partial charge is 0.249 e. The number of sulfonamides is 1. The number of benzene rings is 2. The summed E-state index contributed by atoms with van der Waals surface area (Å²) in [4.78, 5) is 18.0. The molecule has 0 saturated heterocycles. The standard InChI is InChI=1S/C19H20FN3O3S3/c1-2-10-23-16-8-7-15(29(21,25)26)12-17(16)28-19(23)22-18(24)9-11-27-14-5-3-13(20)4-6-14/h3-8,12H,2,9-11H2,1H3,(H2,21,25,26). The van der Waals surface area contributed by atoms with Gasteiger partial charge in [0.05, 0.1) is 15.1 Å². The summed E-state index contributed by atoms with van der Waals surface area (Å²) in [6.07, 6.45) is 1.08. The molecule has 6 nitrogen and oxygen atoms in total. The van der Waals surface area contributed by atoms with Crippen molar-refractivity contribution in [2.75, 3.05) is 5.75 Å². The van der Waals surface area contributed by atoms with Gasteiger partial charge in [0.15, 0.2) is 4.80 Å². The molecule has 29 heavy (non-hydrogen) atoms. The third-order valence-corrected chi connectivity index (χ3v) is 7.01. The van der Waals surface area contributed by atoms with Crippen molar-refractivity contribution in [1.82, 2.24) is 4.57 Å². The first-order chi connectivity index (χ1) is 13.8. The molecule has 1 amide bonds. The summed E-state index contributed by atoms with van der Waals surface area (Å²) in [6.45, 7) is 2.67. The van der Waals surface area contributed by atoms with Crippen LogP contribution in [0.3, 0.4) is 0 Å². The third-order valence-electron chi connectivity index (χ3n) is 4.05. The molecule has 0 aliphatic heterocycles. The third kappa shape index (κ3) is 5.53. The van der Waals surface area contributed by atoms with Gasteiger partial charge >= 0.3 is 0 Å². The van der Waals surface area contributed by atoms with Crippen molar-refractivity contribution < 1.29 is 17.6 Å². The van der Waals surface area contributed by atoms with Gasteiger partial charge in [-0.05, 0) is 48.9 Å². The highest BCUT2D eigenvalue weighted by Gasteiger charge is 2.13. The number of amides is 1. The van der Waals surface area contributed by atoms with Crippen LogP contribution in [0.25, 0.3) is 10.2 Å². The molecule has 1 heterocycles. The van der Waals surface area contributed by atoms with Crippen LogP contribution in [0.1, 0.15) is 19.8 Å². The minimum absolute atomic E-state index is 0.0310. The summed E-state index contributed by atoms with van der Waals surface area (Å²) in [5.41, 5.74) is 0.816. The maximum Gasteiger partial charge on any atom is 0.249 e. The first kappa shape index (κ1) is 21.7. The van der Waals surface area contributed by atoms with E-state index in [0.717, 1.165) is 16.8 Å². The molecule has 0 fully saturated rings.